The highest BCUT2D eigenvalue weighted by atomic mass is 31.2. The molecule has 0 bridgehead atoms. The monoisotopic (exact) mass is 366 g/mol. The Kier molecular flexibility index (Phi) is 5.73. The van der Waals surface area contributed by atoms with Crippen LogP contribution in [0.3, 0.4) is 0 Å². The van der Waals surface area contributed by atoms with Gasteiger partial charge in [-0.15, -0.1) is 0 Å². The average molecular weight is 366 g/mol. The SMILES string of the molecule is CCc1ccc(P(=O)(O)O)c(Cc2ccccc2)c1Cc1ccccc1. The Bertz CT molecular complexity index is 915. The summed E-state index contributed by atoms with van der Waals surface area (Å²) in [6.07, 6.45) is 2.00. The highest BCUT2D eigenvalue weighted by molar-refractivity contribution is 7.60. The molecule has 0 atom stereocenters. The van der Waals surface area contributed by atoms with Gasteiger partial charge in [-0.25, -0.2) is 0 Å². The van der Waals surface area contributed by atoms with Crippen LogP contribution in [0.1, 0.15) is 34.7 Å². The Morgan fingerprint density at radius 2 is 1.23 bits per heavy atom. The van der Waals surface area contributed by atoms with Crippen LogP contribution in [0, 0.1) is 0 Å². The average Bonchev–Trinajstić information content (AvgIpc) is 2.63. The fraction of sp³-hybridized carbons (Fsp3) is 0.182. The summed E-state index contributed by atoms with van der Waals surface area (Å²) in [5.41, 5.74) is 5.11. The zero-order valence-electron chi connectivity index (χ0n) is 14.8. The van der Waals surface area contributed by atoms with Gasteiger partial charge in [0.1, 0.15) is 0 Å². The highest BCUT2D eigenvalue weighted by Crippen LogP contribution is 2.37. The van der Waals surface area contributed by atoms with Crippen molar-refractivity contribution in [2.24, 2.45) is 0 Å². The smallest absolute Gasteiger partial charge is 0.321 e. The molecule has 0 heterocycles. The van der Waals surface area contributed by atoms with Gasteiger partial charge < -0.3 is 9.79 Å². The third-order valence-electron chi connectivity index (χ3n) is 4.65. The molecule has 3 aromatic rings. The van der Waals surface area contributed by atoms with Gasteiger partial charge in [-0.2, -0.15) is 0 Å². The summed E-state index contributed by atoms with van der Waals surface area (Å²) >= 11 is 0. The van der Waals surface area contributed by atoms with E-state index in [1.165, 1.54) is 0 Å². The van der Waals surface area contributed by atoms with E-state index in [9.17, 15) is 14.4 Å². The van der Waals surface area contributed by atoms with Crippen molar-refractivity contribution in [1.29, 1.82) is 0 Å². The maximum absolute atomic E-state index is 12.1. The summed E-state index contributed by atoms with van der Waals surface area (Å²) in [6, 6.07) is 23.4. The molecule has 0 amide bonds. The Morgan fingerprint density at radius 3 is 1.69 bits per heavy atom. The minimum absolute atomic E-state index is 0.143. The van der Waals surface area contributed by atoms with E-state index in [2.05, 4.69) is 19.1 Å². The molecule has 0 fully saturated rings. The normalized spacial score (nSPS) is 11.5. The number of hydrogen-bond acceptors (Lipinski definition) is 1. The second-order valence-corrected chi connectivity index (χ2v) is 7.99. The van der Waals surface area contributed by atoms with Gasteiger partial charge in [-0.3, -0.25) is 4.57 Å². The minimum Gasteiger partial charge on any atom is -0.321 e. The van der Waals surface area contributed by atoms with Gasteiger partial charge in [0.25, 0.3) is 0 Å². The van der Waals surface area contributed by atoms with Gasteiger partial charge in [0.15, 0.2) is 0 Å². The molecular weight excluding hydrogens is 343 g/mol. The molecule has 0 aliphatic carbocycles. The van der Waals surface area contributed by atoms with Crippen LogP contribution in [0.4, 0.5) is 0 Å². The lowest BCUT2D eigenvalue weighted by Gasteiger charge is -2.19. The maximum atomic E-state index is 12.1. The quantitative estimate of drug-likeness (QED) is 0.642. The second kappa shape index (κ2) is 8.01. The van der Waals surface area contributed by atoms with Gasteiger partial charge in [0.05, 0.1) is 5.30 Å². The van der Waals surface area contributed by atoms with Gasteiger partial charge >= 0.3 is 7.60 Å². The molecule has 134 valence electrons. The molecule has 26 heavy (non-hydrogen) atoms. The fourth-order valence-electron chi connectivity index (χ4n) is 3.35. The van der Waals surface area contributed by atoms with Crippen molar-refractivity contribution in [3.8, 4) is 0 Å². The molecule has 0 saturated heterocycles. The van der Waals surface area contributed by atoms with Crippen LogP contribution >= 0.6 is 7.60 Å². The van der Waals surface area contributed by atoms with Gasteiger partial charge in [0.2, 0.25) is 0 Å². The molecule has 3 rings (SSSR count). The summed E-state index contributed by atoms with van der Waals surface area (Å²) in [5.74, 6) is 0. The zero-order chi connectivity index (χ0) is 18.6. The van der Waals surface area contributed by atoms with Crippen molar-refractivity contribution < 1.29 is 14.4 Å². The van der Waals surface area contributed by atoms with Crippen molar-refractivity contribution in [2.75, 3.05) is 0 Å². The maximum Gasteiger partial charge on any atom is 0.356 e. The van der Waals surface area contributed by atoms with E-state index in [1.54, 1.807) is 6.07 Å². The van der Waals surface area contributed by atoms with Crippen molar-refractivity contribution in [2.45, 2.75) is 26.2 Å². The van der Waals surface area contributed by atoms with Gasteiger partial charge in [0, 0.05) is 0 Å². The van der Waals surface area contributed by atoms with E-state index in [0.717, 1.165) is 34.2 Å². The summed E-state index contributed by atoms with van der Waals surface area (Å²) in [5, 5.41) is 0.143. The second-order valence-electron chi connectivity index (χ2n) is 6.42. The van der Waals surface area contributed by atoms with Crippen LogP contribution in [0.2, 0.25) is 0 Å². The number of benzene rings is 3. The van der Waals surface area contributed by atoms with Crippen LogP contribution in [-0.2, 0) is 23.8 Å². The Balaban J connectivity index is 2.16. The molecule has 0 aliphatic rings. The molecule has 0 saturated carbocycles. The Labute approximate surface area is 154 Å². The lowest BCUT2D eigenvalue weighted by atomic mass is 9.90. The van der Waals surface area contributed by atoms with Gasteiger partial charge in [-0.05, 0) is 53.1 Å². The van der Waals surface area contributed by atoms with Gasteiger partial charge in [-0.1, -0.05) is 73.7 Å². The summed E-state index contributed by atoms with van der Waals surface area (Å²) in [6.45, 7) is 2.08. The van der Waals surface area contributed by atoms with E-state index in [-0.39, 0.29) is 5.30 Å². The van der Waals surface area contributed by atoms with E-state index < -0.39 is 7.60 Å². The van der Waals surface area contributed by atoms with Crippen molar-refractivity contribution in [1.82, 2.24) is 0 Å². The van der Waals surface area contributed by atoms with Crippen LogP contribution < -0.4 is 5.30 Å². The van der Waals surface area contributed by atoms with Crippen LogP contribution in [-0.4, -0.2) is 9.79 Å². The molecule has 0 aromatic heterocycles. The summed E-state index contributed by atoms with van der Waals surface area (Å²) in [4.78, 5) is 19.8. The first-order valence-corrected chi connectivity index (χ1v) is 10.4. The number of rotatable bonds is 6. The van der Waals surface area contributed by atoms with Crippen LogP contribution in [0.25, 0.3) is 0 Å². The largest absolute Gasteiger partial charge is 0.356 e. The first-order chi connectivity index (χ1) is 12.5. The predicted octanol–water partition coefficient (Wildman–Crippen LogP) is 4.23. The number of aryl methyl sites for hydroxylation is 1. The number of hydrogen-bond donors (Lipinski definition) is 2. The third kappa shape index (κ3) is 4.31. The van der Waals surface area contributed by atoms with E-state index in [1.807, 2.05) is 54.6 Å². The Hall–Kier alpha value is -2.19. The Morgan fingerprint density at radius 1 is 0.731 bits per heavy atom. The molecule has 0 aliphatic heterocycles. The summed E-state index contributed by atoms with van der Waals surface area (Å²) in [7, 11) is -4.35. The minimum atomic E-state index is -4.35. The predicted molar refractivity (Wildman–Crippen MR) is 106 cm³/mol. The zero-order valence-corrected chi connectivity index (χ0v) is 15.7. The molecule has 3 nitrogen and oxygen atoms in total. The molecule has 0 unspecified atom stereocenters. The first kappa shape index (κ1) is 18.6. The molecule has 3 aromatic carbocycles. The van der Waals surface area contributed by atoms with E-state index in [0.29, 0.717) is 12.8 Å². The fourth-order valence-corrected chi connectivity index (χ4v) is 4.19. The molecule has 4 heteroatoms. The van der Waals surface area contributed by atoms with E-state index >= 15 is 0 Å². The van der Waals surface area contributed by atoms with Crippen molar-refractivity contribution >= 4 is 12.9 Å². The first-order valence-electron chi connectivity index (χ1n) is 8.76. The molecule has 0 radical (unpaired) electrons. The van der Waals surface area contributed by atoms with Crippen LogP contribution in [0.5, 0.6) is 0 Å². The lowest BCUT2D eigenvalue weighted by Crippen LogP contribution is -2.17. The molecule has 2 N–H and O–H groups in total. The topological polar surface area (TPSA) is 57.5 Å². The molecular formula is C22H23O3P. The lowest BCUT2D eigenvalue weighted by molar-refractivity contribution is 0.387. The van der Waals surface area contributed by atoms with Crippen molar-refractivity contribution in [3.05, 3.63) is 101 Å². The van der Waals surface area contributed by atoms with Crippen LogP contribution in [0.15, 0.2) is 72.8 Å². The molecule has 0 spiro atoms. The highest BCUT2D eigenvalue weighted by Gasteiger charge is 2.25. The third-order valence-corrected chi connectivity index (χ3v) is 5.69. The van der Waals surface area contributed by atoms with Crippen molar-refractivity contribution in [3.63, 3.8) is 0 Å². The summed E-state index contributed by atoms with van der Waals surface area (Å²) < 4.78 is 12.1. The standard InChI is InChI=1S/C22H23O3P/c1-2-19-13-14-22(26(23,24)25)21(16-18-11-7-4-8-12-18)20(19)15-17-9-5-3-6-10-17/h3-14H,2,15-16H2,1H3,(H2,23,24,25). The van der Waals surface area contributed by atoms with E-state index in [4.69, 9.17) is 0 Å².